The number of hydrogen-bond donors (Lipinski definition) is 1. The van der Waals surface area contributed by atoms with Crippen molar-refractivity contribution in [1.82, 2.24) is 24.9 Å². The Balaban J connectivity index is 1.44. The molecule has 150 valence electrons. The van der Waals surface area contributed by atoms with Crippen LogP contribution in [0, 0.1) is 0 Å². The van der Waals surface area contributed by atoms with Crippen molar-refractivity contribution >= 4 is 23.4 Å². The average Bonchev–Trinajstić information content (AvgIpc) is 3.08. The third kappa shape index (κ3) is 4.82. The van der Waals surface area contributed by atoms with Crippen molar-refractivity contribution in [3.05, 3.63) is 46.6 Å². The standard InChI is InChI=1S/C19H24ClN5O3/c1-23-13-16(18(22-23)28-2)19(27)25-10-8-24(9-11-25)7-6-21-17(26)14-4-3-5-15(20)12-14/h3-5,12-13H,6-11H2,1-2H3,(H,21,26). The lowest BCUT2D eigenvalue weighted by Crippen LogP contribution is -2.50. The Hall–Kier alpha value is -2.58. The van der Waals surface area contributed by atoms with E-state index in [0.29, 0.717) is 41.7 Å². The van der Waals surface area contributed by atoms with E-state index in [9.17, 15) is 9.59 Å². The Morgan fingerprint density at radius 3 is 2.68 bits per heavy atom. The van der Waals surface area contributed by atoms with Gasteiger partial charge in [0.1, 0.15) is 5.56 Å². The van der Waals surface area contributed by atoms with Crippen molar-refractivity contribution in [2.45, 2.75) is 0 Å². The number of methoxy groups -OCH3 is 1. The van der Waals surface area contributed by atoms with Crippen LogP contribution in [0.5, 0.6) is 5.88 Å². The highest BCUT2D eigenvalue weighted by Crippen LogP contribution is 2.18. The molecule has 0 saturated carbocycles. The maximum atomic E-state index is 12.7. The Kier molecular flexibility index (Phi) is 6.53. The molecule has 28 heavy (non-hydrogen) atoms. The molecule has 0 radical (unpaired) electrons. The molecule has 0 bridgehead atoms. The number of carbonyl (C=O) groups excluding carboxylic acids is 2. The predicted octanol–water partition coefficient (Wildman–Crippen LogP) is 1.27. The number of aromatic nitrogens is 2. The summed E-state index contributed by atoms with van der Waals surface area (Å²) < 4.78 is 6.75. The zero-order valence-corrected chi connectivity index (χ0v) is 16.8. The lowest BCUT2D eigenvalue weighted by molar-refractivity contribution is 0.0635. The number of amides is 2. The van der Waals surface area contributed by atoms with E-state index < -0.39 is 0 Å². The molecule has 1 fully saturated rings. The van der Waals surface area contributed by atoms with Crippen molar-refractivity contribution in [3.8, 4) is 5.88 Å². The largest absolute Gasteiger partial charge is 0.479 e. The highest BCUT2D eigenvalue weighted by molar-refractivity contribution is 6.30. The number of benzene rings is 1. The number of rotatable bonds is 6. The van der Waals surface area contributed by atoms with Gasteiger partial charge in [0, 0.05) is 63.1 Å². The molecule has 1 aliphatic rings. The molecule has 0 atom stereocenters. The van der Waals surface area contributed by atoms with Gasteiger partial charge in [0.15, 0.2) is 0 Å². The van der Waals surface area contributed by atoms with Gasteiger partial charge >= 0.3 is 0 Å². The van der Waals surface area contributed by atoms with Crippen molar-refractivity contribution in [1.29, 1.82) is 0 Å². The zero-order valence-electron chi connectivity index (χ0n) is 16.0. The summed E-state index contributed by atoms with van der Waals surface area (Å²) in [5, 5.41) is 7.58. The van der Waals surface area contributed by atoms with Crippen LogP contribution in [-0.2, 0) is 7.05 Å². The Labute approximate surface area is 169 Å². The van der Waals surface area contributed by atoms with Crippen molar-refractivity contribution in [2.75, 3.05) is 46.4 Å². The fraction of sp³-hybridized carbons (Fsp3) is 0.421. The molecule has 0 unspecified atom stereocenters. The van der Waals surface area contributed by atoms with Crippen molar-refractivity contribution in [3.63, 3.8) is 0 Å². The summed E-state index contributed by atoms with van der Waals surface area (Å²) in [5.74, 6) is 0.137. The van der Waals surface area contributed by atoms with Gasteiger partial charge in [0.05, 0.1) is 7.11 Å². The maximum Gasteiger partial charge on any atom is 0.261 e. The molecular weight excluding hydrogens is 382 g/mol. The molecule has 8 nitrogen and oxygen atoms in total. The van der Waals surface area contributed by atoms with Gasteiger partial charge in [-0.1, -0.05) is 17.7 Å². The minimum Gasteiger partial charge on any atom is -0.479 e. The van der Waals surface area contributed by atoms with E-state index in [4.69, 9.17) is 16.3 Å². The Bertz CT molecular complexity index is 846. The maximum absolute atomic E-state index is 12.7. The molecule has 1 aromatic carbocycles. The molecule has 3 rings (SSSR count). The van der Waals surface area contributed by atoms with Gasteiger partial charge in [-0.25, -0.2) is 0 Å². The second kappa shape index (κ2) is 9.07. The van der Waals surface area contributed by atoms with Crippen LogP contribution in [-0.4, -0.2) is 77.8 Å². The van der Waals surface area contributed by atoms with Crippen LogP contribution in [0.25, 0.3) is 0 Å². The SMILES string of the molecule is COc1nn(C)cc1C(=O)N1CCN(CCNC(=O)c2cccc(Cl)c2)CC1. The first kappa shape index (κ1) is 20.2. The number of piperazine rings is 1. The Morgan fingerprint density at radius 2 is 2.00 bits per heavy atom. The van der Waals surface area contributed by atoms with Crippen LogP contribution in [0.1, 0.15) is 20.7 Å². The number of hydrogen-bond acceptors (Lipinski definition) is 5. The van der Waals surface area contributed by atoms with Crippen LogP contribution in [0.3, 0.4) is 0 Å². The monoisotopic (exact) mass is 405 g/mol. The third-order valence-corrected chi connectivity index (χ3v) is 4.91. The van der Waals surface area contributed by atoms with Gasteiger partial charge in [0.25, 0.3) is 11.8 Å². The van der Waals surface area contributed by atoms with Gasteiger partial charge in [-0.15, -0.1) is 5.10 Å². The van der Waals surface area contributed by atoms with E-state index in [1.165, 1.54) is 7.11 Å². The lowest BCUT2D eigenvalue weighted by atomic mass is 10.2. The van der Waals surface area contributed by atoms with Crippen LogP contribution >= 0.6 is 11.6 Å². The average molecular weight is 406 g/mol. The molecule has 2 heterocycles. The highest BCUT2D eigenvalue weighted by atomic mass is 35.5. The quantitative estimate of drug-likeness (QED) is 0.782. The van der Waals surface area contributed by atoms with E-state index in [-0.39, 0.29) is 11.8 Å². The molecule has 0 spiro atoms. The highest BCUT2D eigenvalue weighted by Gasteiger charge is 2.26. The fourth-order valence-electron chi connectivity index (χ4n) is 3.17. The minimum atomic E-state index is -0.139. The van der Waals surface area contributed by atoms with Gasteiger partial charge in [0.2, 0.25) is 5.88 Å². The molecule has 1 N–H and O–H groups in total. The van der Waals surface area contributed by atoms with Gasteiger partial charge in [-0.05, 0) is 18.2 Å². The number of nitrogens with one attached hydrogen (secondary N) is 1. The second-order valence-electron chi connectivity index (χ2n) is 6.63. The molecular formula is C19H24ClN5O3. The molecule has 0 aliphatic carbocycles. The fourth-order valence-corrected chi connectivity index (χ4v) is 3.36. The smallest absolute Gasteiger partial charge is 0.261 e. The van der Waals surface area contributed by atoms with Gasteiger partial charge in [-0.3, -0.25) is 19.2 Å². The summed E-state index contributed by atoms with van der Waals surface area (Å²) in [4.78, 5) is 28.9. The van der Waals surface area contributed by atoms with E-state index in [1.807, 2.05) is 0 Å². The summed E-state index contributed by atoms with van der Waals surface area (Å²) in [6.45, 7) is 4.02. The number of nitrogens with zero attached hydrogens (tertiary/aromatic N) is 4. The van der Waals surface area contributed by atoms with Crippen molar-refractivity contribution in [2.24, 2.45) is 7.05 Å². The first-order valence-electron chi connectivity index (χ1n) is 9.11. The van der Waals surface area contributed by atoms with E-state index in [0.717, 1.165) is 19.6 Å². The van der Waals surface area contributed by atoms with E-state index in [1.54, 1.807) is 47.1 Å². The molecule has 9 heteroatoms. The van der Waals surface area contributed by atoms with E-state index >= 15 is 0 Å². The minimum absolute atomic E-state index is 0.0705. The number of halogens is 1. The van der Waals surface area contributed by atoms with Crippen LogP contribution < -0.4 is 10.1 Å². The number of aryl methyl sites for hydroxylation is 1. The Morgan fingerprint density at radius 1 is 1.25 bits per heavy atom. The molecule has 2 amide bonds. The van der Waals surface area contributed by atoms with Crippen LogP contribution in [0.4, 0.5) is 0 Å². The normalized spacial score (nSPS) is 14.8. The van der Waals surface area contributed by atoms with Crippen LogP contribution in [0.15, 0.2) is 30.5 Å². The lowest BCUT2D eigenvalue weighted by Gasteiger charge is -2.34. The summed E-state index contributed by atoms with van der Waals surface area (Å²) in [5.41, 5.74) is 1.03. The third-order valence-electron chi connectivity index (χ3n) is 4.68. The molecule has 1 saturated heterocycles. The van der Waals surface area contributed by atoms with E-state index in [2.05, 4.69) is 15.3 Å². The summed E-state index contributed by atoms with van der Waals surface area (Å²) >= 11 is 5.92. The first-order chi connectivity index (χ1) is 13.5. The molecule has 2 aromatic rings. The summed E-state index contributed by atoms with van der Waals surface area (Å²) in [6.07, 6.45) is 1.68. The molecule has 1 aliphatic heterocycles. The van der Waals surface area contributed by atoms with Crippen LogP contribution in [0.2, 0.25) is 5.02 Å². The summed E-state index contributed by atoms with van der Waals surface area (Å²) in [7, 11) is 3.27. The molecule has 1 aromatic heterocycles. The number of ether oxygens (including phenoxy) is 1. The van der Waals surface area contributed by atoms with Crippen molar-refractivity contribution < 1.29 is 14.3 Å². The topological polar surface area (TPSA) is 79.7 Å². The predicted molar refractivity (Wildman–Crippen MR) is 106 cm³/mol. The number of carbonyl (C=O) groups is 2. The first-order valence-corrected chi connectivity index (χ1v) is 9.48. The zero-order chi connectivity index (χ0) is 20.1. The summed E-state index contributed by atoms with van der Waals surface area (Å²) in [6, 6.07) is 6.87. The van der Waals surface area contributed by atoms with Gasteiger partial charge in [-0.2, -0.15) is 0 Å². The second-order valence-corrected chi connectivity index (χ2v) is 7.06. The van der Waals surface area contributed by atoms with Gasteiger partial charge < -0.3 is 15.0 Å².